The number of aryl methyl sites for hydroxylation is 1. The number of nitrogens with two attached hydrogens (primary N) is 1. The van der Waals surface area contributed by atoms with Gasteiger partial charge in [0.25, 0.3) is 0 Å². The zero-order chi connectivity index (χ0) is 13.1. The topological polar surface area (TPSA) is 35.2 Å². The molecule has 0 saturated carbocycles. The molecule has 0 aliphatic carbocycles. The van der Waals surface area contributed by atoms with Crippen LogP contribution in [0.1, 0.15) is 11.1 Å². The first kappa shape index (κ1) is 13.6. The molecule has 2 nitrogen and oxygen atoms in total. The highest BCUT2D eigenvalue weighted by atomic mass is 79.9. The second kappa shape index (κ2) is 5.87. The fourth-order valence-electron chi connectivity index (χ4n) is 1.59. The summed E-state index contributed by atoms with van der Waals surface area (Å²) in [6, 6.07) is 11.8. The highest BCUT2D eigenvalue weighted by Gasteiger charge is 2.07. The summed E-state index contributed by atoms with van der Waals surface area (Å²) in [5.41, 5.74) is 7.79. The van der Waals surface area contributed by atoms with E-state index in [2.05, 4.69) is 31.9 Å². The molecule has 0 unspecified atom stereocenters. The van der Waals surface area contributed by atoms with Gasteiger partial charge in [-0.15, -0.1) is 0 Å². The molecule has 0 saturated heterocycles. The maximum absolute atomic E-state index is 5.95. The minimum Gasteiger partial charge on any atom is -0.457 e. The molecular formula is C14H13Br2NO. The van der Waals surface area contributed by atoms with E-state index in [1.807, 2.05) is 43.3 Å². The van der Waals surface area contributed by atoms with Gasteiger partial charge < -0.3 is 10.5 Å². The minimum atomic E-state index is 0.454. The van der Waals surface area contributed by atoms with Gasteiger partial charge in [0.2, 0.25) is 0 Å². The summed E-state index contributed by atoms with van der Waals surface area (Å²) in [4.78, 5) is 0. The monoisotopic (exact) mass is 369 g/mol. The summed E-state index contributed by atoms with van der Waals surface area (Å²) >= 11 is 6.89. The molecule has 0 aromatic heterocycles. The summed E-state index contributed by atoms with van der Waals surface area (Å²) in [7, 11) is 0. The van der Waals surface area contributed by atoms with E-state index in [-0.39, 0.29) is 0 Å². The van der Waals surface area contributed by atoms with Crippen LogP contribution in [0.15, 0.2) is 45.3 Å². The fraction of sp³-hybridized carbons (Fsp3) is 0.143. The van der Waals surface area contributed by atoms with Crippen molar-refractivity contribution in [2.45, 2.75) is 13.5 Å². The van der Waals surface area contributed by atoms with Gasteiger partial charge in [0.15, 0.2) is 0 Å². The predicted molar refractivity (Wildman–Crippen MR) is 81.0 cm³/mol. The Morgan fingerprint density at radius 1 is 1.00 bits per heavy atom. The maximum atomic E-state index is 5.95. The largest absolute Gasteiger partial charge is 0.457 e. The van der Waals surface area contributed by atoms with Gasteiger partial charge in [0.1, 0.15) is 11.5 Å². The van der Waals surface area contributed by atoms with Gasteiger partial charge in [0, 0.05) is 21.1 Å². The molecule has 0 bridgehead atoms. The Hall–Kier alpha value is -0.840. The Morgan fingerprint density at radius 2 is 1.61 bits per heavy atom. The lowest BCUT2D eigenvalue weighted by Crippen LogP contribution is -1.99. The number of halogens is 2. The third kappa shape index (κ3) is 3.13. The summed E-state index contributed by atoms with van der Waals surface area (Å²) in [6.45, 7) is 2.47. The van der Waals surface area contributed by atoms with Crippen molar-refractivity contribution in [2.75, 3.05) is 0 Å². The zero-order valence-electron chi connectivity index (χ0n) is 9.91. The lowest BCUT2D eigenvalue weighted by atomic mass is 10.2. The van der Waals surface area contributed by atoms with Crippen LogP contribution < -0.4 is 10.5 Å². The van der Waals surface area contributed by atoms with Crippen molar-refractivity contribution in [2.24, 2.45) is 5.73 Å². The van der Waals surface area contributed by atoms with Crippen LogP contribution in [0.3, 0.4) is 0 Å². The van der Waals surface area contributed by atoms with Crippen molar-refractivity contribution < 1.29 is 4.74 Å². The molecule has 4 heteroatoms. The molecule has 18 heavy (non-hydrogen) atoms. The third-order valence-corrected chi connectivity index (χ3v) is 3.61. The molecule has 0 atom stereocenters. The van der Waals surface area contributed by atoms with E-state index in [1.165, 1.54) is 0 Å². The van der Waals surface area contributed by atoms with Crippen LogP contribution in [0.5, 0.6) is 11.5 Å². The molecule has 0 aliphatic heterocycles. The van der Waals surface area contributed by atoms with Crippen LogP contribution >= 0.6 is 31.9 Å². The van der Waals surface area contributed by atoms with Gasteiger partial charge in [0.05, 0.1) is 0 Å². The second-order valence-electron chi connectivity index (χ2n) is 3.97. The molecule has 0 fully saturated rings. The zero-order valence-corrected chi connectivity index (χ0v) is 13.1. The van der Waals surface area contributed by atoms with E-state index < -0.39 is 0 Å². The van der Waals surface area contributed by atoms with Crippen molar-refractivity contribution in [1.82, 2.24) is 0 Å². The summed E-state index contributed by atoms with van der Waals surface area (Å²) in [5, 5.41) is 0. The van der Waals surface area contributed by atoms with Crippen molar-refractivity contribution in [1.29, 1.82) is 0 Å². The molecule has 94 valence electrons. The highest BCUT2D eigenvalue weighted by molar-refractivity contribution is 9.10. The standard InChI is InChI=1S/C14H13Br2NO/c1-9-2-4-11(15)6-13(9)18-14-7-12(16)5-3-10(14)8-17/h2-7H,8,17H2,1H3. The molecule has 0 radical (unpaired) electrons. The van der Waals surface area contributed by atoms with Gasteiger partial charge in [-0.2, -0.15) is 0 Å². The van der Waals surface area contributed by atoms with E-state index >= 15 is 0 Å². The fourth-order valence-corrected chi connectivity index (χ4v) is 2.27. The Balaban J connectivity index is 2.38. The second-order valence-corrected chi connectivity index (χ2v) is 5.80. The average Bonchev–Trinajstić information content (AvgIpc) is 2.34. The lowest BCUT2D eigenvalue weighted by molar-refractivity contribution is 0.472. The van der Waals surface area contributed by atoms with Gasteiger partial charge >= 0.3 is 0 Å². The van der Waals surface area contributed by atoms with Gasteiger partial charge in [-0.1, -0.05) is 44.0 Å². The first-order valence-corrected chi connectivity index (χ1v) is 7.11. The molecule has 2 rings (SSSR count). The van der Waals surface area contributed by atoms with Crippen LogP contribution in [0.25, 0.3) is 0 Å². The van der Waals surface area contributed by atoms with E-state index in [0.717, 1.165) is 31.6 Å². The third-order valence-electron chi connectivity index (χ3n) is 2.62. The van der Waals surface area contributed by atoms with E-state index in [0.29, 0.717) is 6.54 Å². The summed E-state index contributed by atoms with van der Waals surface area (Å²) < 4.78 is 7.92. The van der Waals surface area contributed by atoms with Crippen LogP contribution in [0.2, 0.25) is 0 Å². The Kier molecular flexibility index (Phi) is 4.43. The van der Waals surface area contributed by atoms with Gasteiger partial charge in [-0.3, -0.25) is 0 Å². The number of ether oxygens (including phenoxy) is 1. The molecule has 2 N–H and O–H groups in total. The normalized spacial score (nSPS) is 10.4. The summed E-state index contributed by atoms with van der Waals surface area (Å²) in [6.07, 6.45) is 0. The predicted octanol–water partition coefficient (Wildman–Crippen LogP) is 4.77. The van der Waals surface area contributed by atoms with Crippen LogP contribution in [-0.2, 0) is 6.54 Å². The molecule has 0 amide bonds. The van der Waals surface area contributed by atoms with E-state index in [1.54, 1.807) is 0 Å². The molecule has 2 aromatic rings. The lowest BCUT2D eigenvalue weighted by Gasteiger charge is -2.12. The Bertz CT molecular complexity index is 570. The smallest absolute Gasteiger partial charge is 0.133 e. The average molecular weight is 371 g/mol. The van der Waals surface area contributed by atoms with E-state index in [4.69, 9.17) is 10.5 Å². The first-order valence-electron chi connectivity index (χ1n) is 5.52. The quantitative estimate of drug-likeness (QED) is 0.844. The number of benzene rings is 2. The van der Waals surface area contributed by atoms with Crippen molar-refractivity contribution in [3.8, 4) is 11.5 Å². The van der Waals surface area contributed by atoms with Crippen LogP contribution in [-0.4, -0.2) is 0 Å². The number of hydrogen-bond donors (Lipinski definition) is 1. The Labute approximate surface area is 123 Å². The minimum absolute atomic E-state index is 0.454. The number of hydrogen-bond acceptors (Lipinski definition) is 2. The van der Waals surface area contributed by atoms with E-state index in [9.17, 15) is 0 Å². The summed E-state index contributed by atoms with van der Waals surface area (Å²) in [5.74, 6) is 1.62. The molecule has 2 aromatic carbocycles. The van der Waals surface area contributed by atoms with Crippen molar-refractivity contribution >= 4 is 31.9 Å². The van der Waals surface area contributed by atoms with Crippen molar-refractivity contribution in [3.63, 3.8) is 0 Å². The first-order chi connectivity index (χ1) is 8.60. The molecular weight excluding hydrogens is 358 g/mol. The molecule has 0 aliphatic rings. The molecule has 0 spiro atoms. The Morgan fingerprint density at radius 3 is 2.28 bits per heavy atom. The highest BCUT2D eigenvalue weighted by Crippen LogP contribution is 2.31. The molecule has 0 heterocycles. The SMILES string of the molecule is Cc1ccc(Br)cc1Oc1cc(Br)ccc1CN. The number of rotatable bonds is 3. The maximum Gasteiger partial charge on any atom is 0.133 e. The van der Waals surface area contributed by atoms with Crippen LogP contribution in [0, 0.1) is 6.92 Å². The van der Waals surface area contributed by atoms with Gasteiger partial charge in [-0.05, 0) is 36.8 Å². The van der Waals surface area contributed by atoms with Crippen molar-refractivity contribution in [3.05, 3.63) is 56.5 Å². The van der Waals surface area contributed by atoms with Crippen LogP contribution in [0.4, 0.5) is 0 Å². The van der Waals surface area contributed by atoms with Gasteiger partial charge in [-0.25, -0.2) is 0 Å².